The second-order valence-electron chi connectivity index (χ2n) is 5.42. The van der Waals surface area contributed by atoms with Gasteiger partial charge in [-0.15, -0.1) is 0 Å². The van der Waals surface area contributed by atoms with Crippen LogP contribution in [0.2, 0.25) is 0 Å². The molecule has 114 valence electrons. The molecule has 1 aromatic heterocycles. The molecule has 2 unspecified atom stereocenters. The second-order valence-corrected chi connectivity index (χ2v) is 5.42. The number of aliphatic carboxylic acids is 1. The van der Waals surface area contributed by atoms with Gasteiger partial charge in [-0.2, -0.15) is 0 Å². The number of nitrogens with zero attached hydrogens (tertiary/aromatic N) is 3. The number of hydrogen-bond acceptors (Lipinski definition) is 4. The van der Waals surface area contributed by atoms with Gasteiger partial charge in [-0.3, -0.25) is 0 Å². The Labute approximate surface area is 121 Å². The lowest BCUT2D eigenvalue weighted by atomic mass is 10.0. The smallest absolute Gasteiger partial charge is 0.326 e. The highest BCUT2D eigenvalue weighted by Crippen LogP contribution is 2.23. The fourth-order valence-electron chi connectivity index (χ4n) is 2.83. The second kappa shape index (κ2) is 5.36. The van der Waals surface area contributed by atoms with Crippen molar-refractivity contribution in [2.75, 3.05) is 19.7 Å². The summed E-state index contributed by atoms with van der Waals surface area (Å²) < 4.78 is 5.42. The van der Waals surface area contributed by atoms with Crippen LogP contribution in [0.1, 0.15) is 18.3 Å². The van der Waals surface area contributed by atoms with E-state index in [-0.39, 0.29) is 25.1 Å². The number of carboxylic acid groups (broad SMARTS) is 1. The van der Waals surface area contributed by atoms with Crippen LogP contribution in [0.4, 0.5) is 4.79 Å². The van der Waals surface area contributed by atoms with Crippen LogP contribution in [0.5, 0.6) is 0 Å². The lowest BCUT2D eigenvalue weighted by molar-refractivity contribution is -0.143. The molecule has 2 aliphatic rings. The van der Waals surface area contributed by atoms with Crippen LogP contribution in [0.25, 0.3) is 0 Å². The monoisotopic (exact) mass is 294 g/mol. The molecule has 0 bridgehead atoms. The first-order valence-corrected chi connectivity index (χ1v) is 6.97. The van der Waals surface area contributed by atoms with Crippen LogP contribution in [0.15, 0.2) is 6.33 Å². The summed E-state index contributed by atoms with van der Waals surface area (Å²) in [4.78, 5) is 34.3. The summed E-state index contributed by atoms with van der Waals surface area (Å²) in [5, 5.41) is 9.40. The molecule has 3 rings (SSSR count). The molecule has 1 fully saturated rings. The number of H-pyrrole nitrogens is 1. The molecule has 8 nitrogen and oxygen atoms in total. The lowest BCUT2D eigenvalue weighted by Crippen LogP contribution is -2.56. The molecular formula is C13H18N4O4. The van der Waals surface area contributed by atoms with Crippen molar-refractivity contribution in [3.63, 3.8) is 0 Å². The zero-order valence-corrected chi connectivity index (χ0v) is 11.8. The Kier molecular flexibility index (Phi) is 3.54. The number of carboxylic acids is 1. The molecule has 0 aromatic carbocycles. The first kappa shape index (κ1) is 13.9. The quantitative estimate of drug-likeness (QED) is 0.763. The highest BCUT2D eigenvalue weighted by atomic mass is 16.5. The average molecular weight is 294 g/mol. The molecule has 21 heavy (non-hydrogen) atoms. The predicted molar refractivity (Wildman–Crippen MR) is 71.6 cm³/mol. The summed E-state index contributed by atoms with van der Waals surface area (Å²) >= 11 is 0. The topological polar surface area (TPSA) is 98.8 Å². The van der Waals surface area contributed by atoms with Gasteiger partial charge in [0.15, 0.2) is 0 Å². The Morgan fingerprint density at radius 1 is 1.52 bits per heavy atom. The molecule has 1 saturated heterocycles. The van der Waals surface area contributed by atoms with Gasteiger partial charge in [0.1, 0.15) is 6.04 Å². The van der Waals surface area contributed by atoms with Crippen LogP contribution in [-0.4, -0.2) is 68.7 Å². The van der Waals surface area contributed by atoms with E-state index in [2.05, 4.69) is 9.97 Å². The van der Waals surface area contributed by atoms with Crippen molar-refractivity contribution < 1.29 is 19.4 Å². The molecule has 0 radical (unpaired) electrons. The minimum absolute atomic E-state index is 0.0292. The largest absolute Gasteiger partial charge is 0.480 e. The highest BCUT2D eigenvalue weighted by molar-refractivity contribution is 5.83. The summed E-state index contributed by atoms with van der Waals surface area (Å²) in [6.45, 7) is 3.60. The maximum Gasteiger partial charge on any atom is 0.326 e. The van der Waals surface area contributed by atoms with Crippen molar-refractivity contribution in [2.45, 2.75) is 32.0 Å². The highest BCUT2D eigenvalue weighted by Gasteiger charge is 2.38. The Bertz CT molecular complexity index is 558. The number of hydrogen-bond donors (Lipinski definition) is 2. The van der Waals surface area contributed by atoms with E-state index < -0.39 is 12.0 Å². The van der Waals surface area contributed by atoms with E-state index in [1.54, 1.807) is 4.90 Å². The SMILES string of the molecule is CC1CN(C(=O)N2Cc3[nH]cnc3CC2C(=O)O)CCO1. The number of urea groups is 1. The summed E-state index contributed by atoms with van der Waals surface area (Å²) in [6, 6.07) is -1.12. The molecule has 2 atom stereocenters. The van der Waals surface area contributed by atoms with Gasteiger partial charge in [0.25, 0.3) is 0 Å². The van der Waals surface area contributed by atoms with E-state index in [4.69, 9.17) is 4.74 Å². The predicted octanol–water partition coefficient (Wildman–Crippen LogP) is 0.0617. The van der Waals surface area contributed by atoms with Gasteiger partial charge in [-0.25, -0.2) is 14.6 Å². The molecule has 8 heteroatoms. The third kappa shape index (κ3) is 2.58. The summed E-state index contributed by atoms with van der Waals surface area (Å²) in [5.41, 5.74) is 1.53. The van der Waals surface area contributed by atoms with E-state index in [0.717, 1.165) is 11.4 Å². The molecule has 1 aromatic rings. The van der Waals surface area contributed by atoms with Crippen LogP contribution in [0, 0.1) is 0 Å². The first-order valence-electron chi connectivity index (χ1n) is 6.97. The molecule has 0 aliphatic carbocycles. The van der Waals surface area contributed by atoms with Crippen molar-refractivity contribution in [3.05, 3.63) is 17.7 Å². The number of nitrogens with one attached hydrogen (secondary N) is 1. The molecule has 3 heterocycles. The fraction of sp³-hybridized carbons (Fsp3) is 0.615. The number of rotatable bonds is 1. The van der Waals surface area contributed by atoms with Crippen molar-refractivity contribution in [3.8, 4) is 0 Å². The van der Waals surface area contributed by atoms with Crippen LogP contribution in [-0.2, 0) is 22.5 Å². The van der Waals surface area contributed by atoms with Gasteiger partial charge in [0.05, 0.1) is 37.0 Å². The standard InChI is InChI=1S/C13H18N4O4/c1-8-5-16(2-3-21-8)13(20)17-6-10-9(14-7-15-10)4-11(17)12(18)19/h7-8,11H,2-6H2,1H3,(H,14,15)(H,18,19). The molecule has 0 saturated carbocycles. The van der Waals surface area contributed by atoms with Gasteiger partial charge >= 0.3 is 12.0 Å². The zero-order valence-electron chi connectivity index (χ0n) is 11.8. The lowest BCUT2D eigenvalue weighted by Gasteiger charge is -2.39. The number of aromatic nitrogens is 2. The Balaban J connectivity index is 1.81. The summed E-state index contributed by atoms with van der Waals surface area (Å²) in [5.74, 6) is -1.00. The van der Waals surface area contributed by atoms with E-state index >= 15 is 0 Å². The van der Waals surface area contributed by atoms with E-state index in [0.29, 0.717) is 19.7 Å². The van der Waals surface area contributed by atoms with E-state index in [9.17, 15) is 14.7 Å². The first-order chi connectivity index (χ1) is 10.1. The average Bonchev–Trinajstić information content (AvgIpc) is 2.92. The normalized spacial score (nSPS) is 25.6. The van der Waals surface area contributed by atoms with Gasteiger partial charge < -0.3 is 24.6 Å². The number of amides is 2. The Morgan fingerprint density at radius 3 is 3.05 bits per heavy atom. The van der Waals surface area contributed by atoms with Gasteiger partial charge in [-0.1, -0.05) is 0 Å². The number of imidazole rings is 1. The minimum Gasteiger partial charge on any atom is -0.480 e. The molecule has 2 amide bonds. The molecule has 2 aliphatic heterocycles. The third-order valence-electron chi connectivity index (χ3n) is 3.94. The number of morpholine rings is 1. The number of carbonyl (C=O) groups excluding carboxylic acids is 1. The molecule has 2 N–H and O–H groups in total. The Morgan fingerprint density at radius 2 is 2.33 bits per heavy atom. The van der Waals surface area contributed by atoms with Crippen LogP contribution >= 0.6 is 0 Å². The summed E-state index contributed by atoms with van der Waals surface area (Å²) in [6.07, 6.45) is 1.74. The maximum atomic E-state index is 12.6. The number of ether oxygens (including phenoxy) is 1. The van der Waals surface area contributed by atoms with Crippen LogP contribution < -0.4 is 0 Å². The van der Waals surface area contributed by atoms with Crippen molar-refractivity contribution in [1.29, 1.82) is 0 Å². The van der Waals surface area contributed by atoms with Crippen LogP contribution in [0.3, 0.4) is 0 Å². The van der Waals surface area contributed by atoms with Crippen molar-refractivity contribution >= 4 is 12.0 Å². The molecular weight excluding hydrogens is 276 g/mol. The maximum absolute atomic E-state index is 12.6. The zero-order chi connectivity index (χ0) is 15.0. The van der Waals surface area contributed by atoms with Crippen molar-refractivity contribution in [2.24, 2.45) is 0 Å². The Hall–Kier alpha value is -2.09. The van der Waals surface area contributed by atoms with E-state index in [1.165, 1.54) is 11.2 Å². The number of carbonyl (C=O) groups is 2. The van der Waals surface area contributed by atoms with Crippen molar-refractivity contribution in [1.82, 2.24) is 19.8 Å². The van der Waals surface area contributed by atoms with Gasteiger partial charge in [-0.05, 0) is 6.92 Å². The van der Waals surface area contributed by atoms with Gasteiger partial charge in [0.2, 0.25) is 0 Å². The number of aromatic amines is 1. The molecule has 0 spiro atoms. The third-order valence-corrected chi connectivity index (χ3v) is 3.94. The number of fused-ring (bicyclic) bond motifs is 1. The fourth-order valence-corrected chi connectivity index (χ4v) is 2.83. The minimum atomic E-state index is -1.00. The summed E-state index contributed by atoms with van der Waals surface area (Å²) in [7, 11) is 0. The van der Waals surface area contributed by atoms with E-state index in [1.807, 2.05) is 6.92 Å². The van der Waals surface area contributed by atoms with Gasteiger partial charge in [0, 0.05) is 19.5 Å².